The average Bonchev–Trinajstić information content (AvgIpc) is 2.63. The maximum Gasteiger partial charge on any atom is 0.232 e. The number of aldehydes is 1. The zero-order chi connectivity index (χ0) is 10.7. The standard InChI is InChI=1S/C12H11NO2/c14-9-12(15)7-6-11(13-12)8-10-4-2-1-3-5-10/h1-7,9,15H,8H2. The number of aliphatic imine (C=N–C) groups is 1. The van der Waals surface area contributed by atoms with Crippen LogP contribution in [-0.4, -0.2) is 22.8 Å². The first-order chi connectivity index (χ1) is 7.22. The summed E-state index contributed by atoms with van der Waals surface area (Å²) in [6, 6.07) is 9.79. The molecule has 1 heterocycles. The first-order valence-corrected chi connectivity index (χ1v) is 4.72. The van der Waals surface area contributed by atoms with E-state index in [-0.39, 0.29) is 0 Å². The summed E-state index contributed by atoms with van der Waals surface area (Å²) >= 11 is 0. The van der Waals surface area contributed by atoms with Gasteiger partial charge in [-0.3, -0.25) is 4.79 Å². The second-order valence-electron chi connectivity index (χ2n) is 3.50. The molecule has 0 radical (unpaired) electrons. The van der Waals surface area contributed by atoms with Crippen LogP contribution in [0.5, 0.6) is 0 Å². The van der Waals surface area contributed by atoms with Gasteiger partial charge < -0.3 is 5.11 Å². The summed E-state index contributed by atoms with van der Waals surface area (Å²) in [5.74, 6) is 0. The molecule has 1 unspecified atom stereocenters. The van der Waals surface area contributed by atoms with E-state index in [1.165, 1.54) is 6.08 Å². The molecular formula is C12H11NO2. The molecule has 1 aliphatic heterocycles. The molecule has 1 aromatic rings. The van der Waals surface area contributed by atoms with Gasteiger partial charge in [0, 0.05) is 12.1 Å². The molecule has 0 fully saturated rings. The van der Waals surface area contributed by atoms with Crippen molar-refractivity contribution in [3.05, 3.63) is 48.0 Å². The maximum atomic E-state index is 10.5. The number of hydrogen-bond acceptors (Lipinski definition) is 3. The molecular weight excluding hydrogens is 190 g/mol. The zero-order valence-electron chi connectivity index (χ0n) is 8.13. The van der Waals surface area contributed by atoms with E-state index in [0.717, 1.165) is 11.3 Å². The highest BCUT2D eigenvalue weighted by molar-refractivity contribution is 6.00. The predicted octanol–water partition coefficient (Wildman–Crippen LogP) is 1.13. The van der Waals surface area contributed by atoms with Crippen LogP contribution < -0.4 is 0 Å². The van der Waals surface area contributed by atoms with Crippen molar-refractivity contribution in [2.24, 2.45) is 4.99 Å². The third-order valence-corrected chi connectivity index (χ3v) is 2.25. The molecule has 15 heavy (non-hydrogen) atoms. The summed E-state index contributed by atoms with van der Waals surface area (Å²) in [6.45, 7) is 0. The van der Waals surface area contributed by atoms with Crippen molar-refractivity contribution >= 4 is 12.0 Å². The van der Waals surface area contributed by atoms with Crippen molar-refractivity contribution in [2.45, 2.75) is 12.1 Å². The molecule has 0 aliphatic carbocycles. The third-order valence-electron chi connectivity index (χ3n) is 2.25. The quantitative estimate of drug-likeness (QED) is 0.745. The Morgan fingerprint density at radius 1 is 1.33 bits per heavy atom. The summed E-state index contributed by atoms with van der Waals surface area (Å²) in [7, 11) is 0. The van der Waals surface area contributed by atoms with Crippen molar-refractivity contribution in [3.8, 4) is 0 Å². The number of hydrogen-bond donors (Lipinski definition) is 1. The Balaban J connectivity index is 2.13. The summed E-state index contributed by atoms with van der Waals surface area (Å²) in [5, 5.41) is 9.51. The highest BCUT2D eigenvalue weighted by Crippen LogP contribution is 2.15. The van der Waals surface area contributed by atoms with Crippen LogP contribution >= 0.6 is 0 Å². The highest BCUT2D eigenvalue weighted by Gasteiger charge is 2.25. The fourth-order valence-electron chi connectivity index (χ4n) is 1.49. The number of benzene rings is 1. The van der Waals surface area contributed by atoms with Crippen LogP contribution in [0.1, 0.15) is 5.56 Å². The SMILES string of the molecule is O=CC1(O)C=CC(Cc2ccccc2)=N1. The van der Waals surface area contributed by atoms with E-state index in [9.17, 15) is 9.90 Å². The number of allylic oxidation sites excluding steroid dienone is 1. The number of rotatable bonds is 3. The third kappa shape index (κ3) is 2.19. The Bertz CT molecular complexity index is 423. The topological polar surface area (TPSA) is 49.7 Å². The van der Waals surface area contributed by atoms with E-state index < -0.39 is 5.72 Å². The van der Waals surface area contributed by atoms with Gasteiger partial charge in [0.05, 0.1) is 0 Å². The minimum atomic E-state index is -1.63. The van der Waals surface area contributed by atoms with Gasteiger partial charge >= 0.3 is 0 Å². The lowest BCUT2D eigenvalue weighted by molar-refractivity contribution is -0.119. The summed E-state index contributed by atoms with van der Waals surface area (Å²) in [5.41, 5.74) is 0.191. The number of nitrogens with zero attached hydrogens (tertiary/aromatic N) is 1. The van der Waals surface area contributed by atoms with Crippen LogP contribution in [0.15, 0.2) is 47.5 Å². The summed E-state index contributed by atoms with van der Waals surface area (Å²) in [4.78, 5) is 14.4. The molecule has 1 aliphatic rings. The summed E-state index contributed by atoms with van der Waals surface area (Å²) in [6.07, 6.45) is 4.15. The molecule has 0 spiro atoms. The van der Waals surface area contributed by atoms with E-state index in [0.29, 0.717) is 12.7 Å². The van der Waals surface area contributed by atoms with Crippen molar-refractivity contribution in [1.29, 1.82) is 0 Å². The second kappa shape index (κ2) is 3.79. The van der Waals surface area contributed by atoms with E-state index in [1.807, 2.05) is 30.3 Å². The molecule has 1 N–H and O–H groups in total. The fraction of sp³-hybridized carbons (Fsp3) is 0.167. The Morgan fingerprint density at radius 3 is 2.67 bits per heavy atom. The van der Waals surface area contributed by atoms with Crippen LogP contribution in [0, 0.1) is 0 Å². The normalized spacial score (nSPS) is 23.9. The lowest BCUT2D eigenvalue weighted by Crippen LogP contribution is -2.22. The van der Waals surface area contributed by atoms with E-state index in [4.69, 9.17) is 0 Å². The number of carbonyl (C=O) groups excluding carboxylic acids is 1. The Hall–Kier alpha value is -1.74. The van der Waals surface area contributed by atoms with Gasteiger partial charge in [-0.05, 0) is 17.7 Å². The molecule has 1 aromatic carbocycles. The monoisotopic (exact) mass is 201 g/mol. The minimum Gasteiger partial charge on any atom is -0.360 e. The van der Waals surface area contributed by atoms with Crippen LogP contribution in [-0.2, 0) is 11.2 Å². The predicted molar refractivity (Wildman–Crippen MR) is 57.7 cm³/mol. The van der Waals surface area contributed by atoms with E-state index in [2.05, 4.69) is 4.99 Å². The van der Waals surface area contributed by atoms with Gasteiger partial charge in [0.15, 0.2) is 6.29 Å². The molecule has 0 bridgehead atoms. The van der Waals surface area contributed by atoms with Gasteiger partial charge in [-0.15, -0.1) is 0 Å². The molecule has 0 aromatic heterocycles. The Morgan fingerprint density at radius 2 is 2.07 bits per heavy atom. The minimum absolute atomic E-state index is 0.432. The van der Waals surface area contributed by atoms with Crippen molar-refractivity contribution in [2.75, 3.05) is 0 Å². The molecule has 2 rings (SSSR count). The van der Waals surface area contributed by atoms with Crippen LogP contribution in [0.25, 0.3) is 0 Å². The van der Waals surface area contributed by atoms with Crippen molar-refractivity contribution in [1.82, 2.24) is 0 Å². The maximum absolute atomic E-state index is 10.5. The largest absolute Gasteiger partial charge is 0.360 e. The fourth-order valence-corrected chi connectivity index (χ4v) is 1.49. The Kier molecular flexibility index (Phi) is 2.47. The van der Waals surface area contributed by atoms with Gasteiger partial charge in [-0.1, -0.05) is 30.3 Å². The molecule has 3 nitrogen and oxygen atoms in total. The molecule has 76 valence electrons. The van der Waals surface area contributed by atoms with E-state index >= 15 is 0 Å². The molecule has 1 atom stereocenters. The molecule has 0 saturated heterocycles. The average molecular weight is 201 g/mol. The van der Waals surface area contributed by atoms with Crippen molar-refractivity contribution < 1.29 is 9.90 Å². The van der Waals surface area contributed by atoms with Crippen LogP contribution in [0.3, 0.4) is 0 Å². The number of aliphatic hydroxyl groups is 1. The number of carbonyl (C=O) groups is 1. The molecule has 0 amide bonds. The first-order valence-electron chi connectivity index (χ1n) is 4.72. The first kappa shape index (κ1) is 9.80. The molecule has 3 heteroatoms. The molecule has 0 saturated carbocycles. The lowest BCUT2D eigenvalue weighted by atomic mass is 10.1. The summed E-state index contributed by atoms with van der Waals surface area (Å²) < 4.78 is 0. The van der Waals surface area contributed by atoms with Gasteiger partial charge in [0.25, 0.3) is 0 Å². The van der Waals surface area contributed by atoms with Crippen molar-refractivity contribution in [3.63, 3.8) is 0 Å². The van der Waals surface area contributed by atoms with Gasteiger partial charge in [-0.25, -0.2) is 4.99 Å². The second-order valence-corrected chi connectivity index (χ2v) is 3.50. The highest BCUT2D eigenvalue weighted by atomic mass is 16.3. The van der Waals surface area contributed by atoms with Gasteiger partial charge in [-0.2, -0.15) is 0 Å². The zero-order valence-corrected chi connectivity index (χ0v) is 8.13. The lowest BCUT2D eigenvalue weighted by Gasteiger charge is -2.06. The van der Waals surface area contributed by atoms with Gasteiger partial charge in [0.1, 0.15) is 0 Å². The van der Waals surface area contributed by atoms with E-state index in [1.54, 1.807) is 6.08 Å². The Labute approximate surface area is 87.8 Å². The van der Waals surface area contributed by atoms with Crippen LogP contribution in [0.2, 0.25) is 0 Å². The van der Waals surface area contributed by atoms with Crippen LogP contribution in [0.4, 0.5) is 0 Å². The smallest absolute Gasteiger partial charge is 0.232 e. The van der Waals surface area contributed by atoms with Gasteiger partial charge in [0.2, 0.25) is 5.72 Å².